The van der Waals surface area contributed by atoms with E-state index in [1.165, 1.54) is 0 Å². The number of benzene rings is 2. The average Bonchev–Trinajstić information content (AvgIpc) is 2.48. The van der Waals surface area contributed by atoms with Gasteiger partial charge >= 0.3 is 0 Å². The summed E-state index contributed by atoms with van der Waals surface area (Å²) in [6.45, 7) is 7.89. The van der Waals surface area contributed by atoms with Crippen molar-refractivity contribution in [3.05, 3.63) is 53.6 Å². The number of carbonyl (C=O) groups is 1. The number of anilines is 1. The van der Waals surface area contributed by atoms with Crippen molar-refractivity contribution in [3.8, 4) is 5.75 Å². The summed E-state index contributed by atoms with van der Waals surface area (Å²) in [7, 11) is 0. The maximum absolute atomic E-state index is 12.4. The third-order valence-electron chi connectivity index (χ3n) is 3.32. The molecule has 0 heterocycles. The maximum Gasteiger partial charge on any atom is 0.265 e. The molecule has 0 aliphatic carbocycles. The second kappa shape index (κ2) is 8.06. The first-order valence-electron chi connectivity index (χ1n) is 7.77. The van der Waals surface area contributed by atoms with E-state index in [0.717, 1.165) is 33.2 Å². The van der Waals surface area contributed by atoms with E-state index in [2.05, 4.69) is 18.3 Å². The summed E-state index contributed by atoms with van der Waals surface area (Å²) < 4.78 is 5.79. The number of ether oxygens (including phenoxy) is 1. The molecular formula is C19H23NO2S. The largest absolute Gasteiger partial charge is 0.481 e. The summed E-state index contributed by atoms with van der Waals surface area (Å²) in [4.78, 5) is 13.5. The van der Waals surface area contributed by atoms with Crippen LogP contribution < -0.4 is 10.1 Å². The first kappa shape index (κ1) is 17.4. The Bertz CT molecular complexity index is 665. The fourth-order valence-electron chi connectivity index (χ4n) is 2.34. The van der Waals surface area contributed by atoms with Gasteiger partial charge in [0.2, 0.25) is 0 Å². The number of amides is 1. The highest BCUT2D eigenvalue weighted by Gasteiger charge is 2.16. The number of para-hydroxylation sites is 1. The standard InChI is InChI=1S/C19H23NO2S/c1-5-23-18-9-7-6-8-17(18)20-19(21)15(4)22-16-11-13(2)10-14(3)12-16/h6-12,15H,5H2,1-4H3,(H,20,21). The van der Waals surface area contributed by atoms with Gasteiger partial charge in [0.1, 0.15) is 5.75 Å². The summed E-state index contributed by atoms with van der Waals surface area (Å²) in [5, 5.41) is 2.96. The topological polar surface area (TPSA) is 38.3 Å². The zero-order chi connectivity index (χ0) is 16.8. The Kier molecular flexibility index (Phi) is 6.11. The van der Waals surface area contributed by atoms with Crippen LogP contribution in [0.5, 0.6) is 5.75 Å². The van der Waals surface area contributed by atoms with Crippen LogP contribution >= 0.6 is 11.8 Å². The van der Waals surface area contributed by atoms with Gasteiger partial charge in [0.25, 0.3) is 5.91 Å². The van der Waals surface area contributed by atoms with E-state index in [-0.39, 0.29) is 5.91 Å². The Balaban J connectivity index is 2.05. The molecule has 122 valence electrons. The third kappa shape index (κ3) is 5.03. The Morgan fingerprint density at radius 1 is 1.17 bits per heavy atom. The molecule has 1 atom stereocenters. The van der Waals surface area contributed by atoms with Crippen LogP contribution in [0.3, 0.4) is 0 Å². The van der Waals surface area contributed by atoms with E-state index in [1.54, 1.807) is 18.7 Å². The average molecular weight is 329 g/mol. The molecule has 0 spiro atoms. The second-order valence-electron chi connectivity index (χ2n) is 5.50. The second-order valence-corrected chi connectivity index (χ2v) is 6.81. The van der Waals surface area contributed by atoms with Gasteiger partial charge in [-0.3, -0.25) is 4.79 Å². The number of hydrogen-bond donors (Lipinski definition) is 1. The van der Waals surface area contributed by atoms with E-state index in [0.29, 0.717) is 0 Å². The van der Waals surface area contributed by atoms with Crippen molar-refractivity contribution in [1.29, 1.82) is 0 Å². The molecule has 1 N–H and O–H groups in total. The molecule has 2 aromatic rings. The molecule has 23 heavy (non-hydrogen) atoms. The summed E-state index contributed by atoms with van der Waals surface area (Å²) in [6, 6.07) is 13.8. The predicted molar refractivity (Wildman–Crippen MR) is 97.5 cm³/mol. The Hall–Kier alpha value is -1.94. The van der Waals surface area contributed by atoms with Crippen molar-refractivity contribution in [2.45, 2.75) is 38.7 Å². The van der Waals surface area contributed by atoms with E-state index in [9.17, 15) is 4.79 Å². The first-order chi connectivity index (χ1) is 11.0. The van der Waals surface area contributed by atoms with Crippen LogP contribution in [-0.4, -0.2) is 17.8 Å². The van der Waals surface area contributed by atoms with Gasteiger partial charge in [0.15, 0.2) is 6.10 Å². The lowest BCUT2D eigenvalue weighted by molar-refractivity contribution is -0.122. The van der Waals surface area contributed by atoms with Gasteiger partial charge < -0.3 is 10.1 Å². The molecule has 0 aliphatic heterocycles. The monoisotopic (exact) mass is 329 g/mol. The Morgan fingerprint density at radius 3 is 2.48 bits per heavy atom. The molecule has 1 unspecified atom stereocenters. The highest BCUT2D eigenvalue weighted by molar-refractivity contribution is 7.99. The molecule has 0 fully saturated rings. The van der Waals surface area contributed by atoms with E-state index in [4.69, 9.17) is 4.74 Å². The van der Waals surface area contributed by atoms with Gasteiger partial charge in [-0.25, -0.2) is 0 Å². The fourth-order valence-corrected chi connectivity index (χ4v) is 3.10. The number of carbonyl (C=O) groups excluding carboxylic acids is 1. The van der Waals surface area contributed by atoms with Crippen LogP contribution in [0.2, 0.25) is 0 Å². The highest BCUT2D eigenvalue weighted by atomic mass is 32.2. The quantitative estimate of drug-likeness (QED) is 0.772. The van der Waals surface area contributed by atoms with Crippen LogP contribution in [0.15, 0.2) is 47.4 Å². The summed E-state index contributed by atoms with van der Waals surface area (Å²) in [5.41, 5.74) is 3.08. The van der Waals surface area contributed by atoms with Gasteiger partial charge in [-0.05, 0) is 61.9 Å². The van der Waals surface area contributed by atoms with Gasteiger partial charge in [0.05, 0.1) is 5.69 Å². The van der Waals surface area contributed by atoms with E-state index < -0.39 is 6.10 Å². The minimum Gasteiger partial charge on any atom is -0.481 e. The van der Waals surface area contributed by atoms with Crippen molar-refractivity contribution < 1.29 is 9.53 Å². The maximum atomic E-state index is 12.4. The fraction of sp³-hybridized carbons (Fsp3) is 0.316. The van der Waals surface area contributed by atoms with Crippen molar-refractivity contribution in [1.82, 2.24) is 0 Å². The molecule has 4 heteroatoms. The number of rotatable bonds is 6. The normalized spacial score (nSPS) is 11.8. The van der Waals surface area contributed by atoms with Crippen LogP contribution in [-0.2, 0) is 4.79 Å². The first-order valence-corrected chi connectivity index (χ1v) is 8.75. The third-order valence-corrected chi connectivity index (χ3v) is 4.28. The van der Waals surface area contributed by atoms with Gasteiger partial charge in [0, 0.05) is 4.90 Å². The highest BCUT2D eigenvalue weighted by Crippen LogP contribution is 2.27. The molecule has 0 saturated heterocycles. The predicted octanol–water partition coefficient (Wildman–Crippen LogP) is 4.82. The Labute approximate surface area is 142 Å². The molecule has 0 aromatic heterocycles. The van der Waals surface area contributed by atoms with Crippen LogP contribution in [0, 0.1) is 13.8 Å². The summed E-state index contributed by atoms with van der Waals surface area (Å²) in [5.74, 6) is 1.54. The number of thioether (sulfide) groups is 1. The lowest BCUT2D eigenvalue weighted by atomic mass is 10.1. The molecule has 2 aromatic carbocycles. The zero-order valence-electron chi connectivity index (χ0n) is 14.1. The molecule has 0 radical (unpaired) electrons. The van der Waals surface area contributed by atoms with Crippen LogP contribution in [0.1, 0.15) is 25.0 Å². The minimum atomic E-state index is -0.559. The molecular weight excluding hydrogens is 306 g/mol. The minimum absolute atomic E-state index is 0.145. The Morgan fingerprint density at radius 2 is 1.83 bits per heavy atom. The number of aryl methyl sites for hydroxylation is 2. The molecule has 3 nitrogen and oxygen atoms in total. The molecule has 0 bridgehead atoms. The van der Waals surface area contributed by atoms with Crippen molar-refractivity contribution in [2.24, 2.45) is 0 Å². The van der Waals surface area contributed by atoms with Crippen LogP contribution in [0.25, 0.3) is 0 Å². The number of nitrogens with one attached hydrogen (secondary N) is 1. The van der Waals surface area contributed by atoms with Crippen molar-refractivity contribution in [2.75, 3.05) is 11.1 Å². The number of hydrogen-bond acceptors (Lipinski definition) is 3. The van der Waals surface area contributed by atoms with Gasteiger partial charge in [-0.1, -0.05) is 25.1 Å². The van der Waals surface area contributed by atoms with Crippen molar-refractivity contribution in [3.63, 3.8) is 0 Å². The molecule has 2 rings (SSSR count). The molecule has 0 aliphatic rings. The molecule has 1 amide bonds. The summed E-state index contributed by atoms with van der Waals surface area (Å²) in [6.07, 6.45) is -0.559. The summed E-state index contributed by atoms with van der Waals surface area (Å²) >= 11 is 1.71. The van der Waals surface area contributed by atoms with Gasteiger partial charge in [-0.2, -0.15) is 0 Å². The smallest absolute Gasteiger partial charge is 0.265 e. The van der Waals surface area contributed by atoms with E-state index >= 15 is 0 Å². The lowest BCUT2D eigenvalue weighted by Crippen LogP contribution is -2.30. The van der Waals surface area contributed by atoms with Crippen molar-refractivity contribution >= 4 is 23.4 Å². The van der Waals surface area contributed by atoms with E-state index in [1.807, 2.05) is 50.2 Å². The molecule has 0 saturated carbocycles. The lowest BCUT2D eigenvalue weighted by Gasteiger charge is -2.17. The SMILES string of the molecule is CCSc1ccccc1NC(=O)C(C)Oc1cc(C)cc(C)c1. The van der Waals surface area contributed by atoms with Crippen LogP contribution in [0.4, 0.5) is 5.69 Å². The van der Waals surface area contributed by atoms with Gasteiger partial charge in [-0.15, -0.1) is 11.8 Å². The zero-order valence-corrected chi connectivity index (χ0v) is 14.9.